The molecule has 1 aliphatic heterocycles. The van der Waals surface area contributed by atoms with Gasteiger partial charge in [-0.2, -0.15) is 0 Å². The molecule has 0 unspecified atom stereocenters. The van der Waals surface area contributed by atoms with E-state index in [2.05, 4.69) is 49.2 Å². The lowest BCUT2D eigenvalue weighted by molar-refractivity contribution is 0.208. The number of rotatable bonds is 4. The first-order chi connectivity index (χ1) is 15.4. The third kappa shape index (κ3) is 4.74. The molecule has 1 N–H and O–H groups in total. The zero-order chi connectivity index (χ0) is 22.7. The molecule has 2 heterocycles. The molecule has 32 heavy (non-hydrogen) atoms. The Morgan fingerprint density at radius 2 is 1.66 bits per heavy atom. The number of hydrogen-bond donors (Lipinski definition) is 1. The minimum Gasteiger partial charge on any atom is -0.353 e. The third-order valence-corrected chi connectivity index (χ3v) is 5.99. The maximum Gasteiger partial charge on any atom is 0.321 e. The second kappa shape index (κ2) is 9.39. The van der Waals surface area contributed by atoms with E-state index < -0.39 is 0 Å². The molecule has 4 rings (SSSR count). The smallest absolute Gasteiger partial charge is 0.321 e. The minimum absolute atomic E-state index is 0.0523. The van der Waals surface area contributed by atoms with Crippen LogP contribution in [0.3, 0.4) is 0 Å². The van der Waals surface area contributed by atoms with Crippen LogP contribution in [0.15, 0.2) is 48.5 Å². The summed E-state index contributed by atoms with van der Waals surface area (Å²) in [5.74, 6) is 1.76. The van der Waals surface area contributed by atoms with Crippen LogP contribution >= 0.6 is 0 Å². The molecule has 0 saturated carbocycles. The van der Waals surface area contributed by atoms with Crippen LogP contribution in [0.5, 0.6) is 0 Å². The van der Waals surface area contributed by atoms with Crippen LogP contribution in [0, 0.1) is 20.8 Å². The molecule has 1 aliphatic rings. The summed E-state index contributed by atoms with van der Waals surface area (Å²) in [6.07, 6.45) is 0.878. The molecule has 2 amide bonds. The van der Waals surface area contributed by atoms with Gasteiger partial charge < -0.3 is 15.1 Å². The van der Waals surface area contributed by atoms with Crippen LogP contribution in [0.4, 0.5) is 16.3 Å². The first kappa shape index (κ1) is 21.8. The summed E-state index contributed by atoms with van der Waals surface area (Å²) >= 11 is 0. The van der Waals surface area contributed by atoms with Gasteiger partial charge in [-0.1, -0.05) is 48.4 Å². The molecule has 0 atom stereocenters. The number of carbonyl (C=O) groups is 1. The van der Waals surface area contributed by atoms with E-state index in [-0.39, 0.29) is 6.03 Å². The van der Waals surface area contributed by atoms with Crippen LogP contribution < -0.4 is 10.2 Å². The van der Waals surface area contributed by atoms with Crippen molar-refractivity contribution in [3.8, 4) is 11.4 Å². The highest BCUT2D eigenvalue weighted by Gasteiger charge is 2.25. The van der Waals surface area contributed by atoms with Crippen molar-refractivity contribution in [3.63, 3.8) is 0 Å². The average molecular weight is 430 g/mol. The van der Waals surface area contributed by atoms with Crippen LogP contribution in [0.25, 0.3) is 11.4 Å². The van der Waals surface area contributed by atoms with Gasteiger partial charge in [0, 0.05) is 48.7 Å². The number of benzene rings is 2. The molecule has 1 fully saturated rings. The molecule has 1 aromatic heterocycles. The van der Waals surface area contributed by atoms with Gasteiger partial charge in [-0.25, -0.2) is 14.8 Å². The summed E-state index contributed by atoms with van der Waals surface area (Å²) < 4.78 is 0. The third-order valence-electron chi connectivity index (χ3n) is 5.99. The lowest BCUT2D eigenvalue weighted by Crippen LogP contribution is -2.50. The lowest BCUT2D eigenvalue weighted by Gasteiger charge is -2.36. The van der Waals surface area contributed by atoms with E-state index in [4.69, 9.17) is 9.97 Å². The predicted octanol–water partition coefficient (Wildman–Crippen LogP) is 4.99. The van der Waals surface area contributed by atoms with Gasteiger partial charge in [0.1, 0.15) is 5.82 Å². The SMILES string of the molecule is CCc1c(C)nc(-c2cccc(C)c2)nc1N1CCN(C(=O)Nc2ccc(C)cc2)CC1. The van der Waals surface area contributed by atoms with Crippen molar-refractivity contribution >= 4 is 17.5 Å². The van der Waals surface area contributed by atoms with Crippen molar-refractivity contribution in [2.45, 2.75) is 34.1 Å². The summed E-state index contributed by atoms with van der Waals surface area (Å²) in [4.78, 5) is 26.7. The van der Waals surface area contributed by atoms with E-state index in [1.807, 2.05) is 42.2 Å². The molecule has 0 radical (unpaired) electrons. The van der Waals surface area contributed by atoms with Gasteiger partial charge in [-0.3, -0.25) is 0 Å². The van der Waals surface area contributed by atoms with Gasteiger partial charge in [-0.05, 0) is 45.4 Å². The van der Waals surface area contributed by atoms with E-state index in [0.717, 1.165) is 48.1 Å². The van der Waals surface area contributed by atoms with Crippen molar-refractivity contribution < 1.29 is 4.79 Å². The summed E-state index contributed by atoms with van der Waals surface area (Å²) in [6, 6.07) is 16.1. The average Bonchev–Trinajstić information content (AvgIpc) is 2.80. The van der Waals surface area contributed by atoms with Crippen LogP contribution in [0.2, 0.25) is 0 Å². The molecule has 2 aromatic carbocycles. The number of piperazine rings is 1. The number of carbonyl (C=O) groups excluding carboxylic acids is 1. The Hall–Kier alpha value is -3.41. The number of aryl methyl sites for hydroxylation is 3. The van der Waals surface area contributed by atoms with Gasteiger partial charge >= 0.3 is 6.03 Å². The second-order valence-corrected chi connectivity index (χ2v) is 8.43. The topological polar surface area (TPSA) is 61.4 Å². The summed E-state index contributed by atoms with van der Waals surface area (Å²) in [5.41, 5.74) is 6.43. The van der Waals surface area contributed by atoms with E-state index in [9.17, 15) is 4.79 Å². The number of nitrogens with one attached hydrogen (secondary N) is 1. The van der Waals surface area contributed by atoms with Crippen LogP contribution in [-0.4, -0.2) is 47.1 Å². The van der Waals surface area contributed by atoms with Gasteiger partial charge in [-0.15, -0.1) is 0 Å². The molecule has 0 aliphatic carbocycles. The molecule has 0 spiro atoms. The standard InChI is InChI=1S/C26H31N5O/c1-5-23-20(4)27-24(21-8-6-7-19(3)17-21)29-25(23)30-13-15-31(16-14-30)26(32)28-22-11-9-18(2)10-12-22/h6-12,17H,5,13-16H2,1-4H3,(H,28,32). The molecule has 3 aromatic rings. The van der Waals surface area contributed by atoms with Crippen LogP contribution in [-0.2, 0) is 6.42 Å². The van der Waals surface area contributed by atoms with Gasteiger partial charge in [0.2, 0.25) is 0 Å². The Kier molecular flexibility index (Phi) is 6.40. The van der Waals surface area contributed by atoms with Crippen molar-refractivity contribution in [1.82, 2.24) is 14.9 Å². The molecule has 1 saturated heterocycles. The number of nitrogens with zero attached hydrogens (tertiary/aromatic N) is 4. The Morgan fingerprint density at radius 1 is 0.938 bits per heavy atom. The van der Waals surface area contributed by atoms with E-state index in [0.29, 0.717) is 13.1 Å². The zero-order valence-electron chi connectivity index (χ0n) is 19.4. The molecular weight excluding hydrogens is 398 g/mol. The number of hydrogen-bond acceptors (Lipinski definition) is 4. The quantitative estimate of drug-likeness (QED) is 0.635. The predicted molar refractivity (Wildman–Crippen MR) is 130 cm³/mol. The highest BCUT2D eigenvalue weighted by molar-refractivity contribution is 5.89. The Balaban J connectivity index is 1.50. The Labute approximate surface area is 190 Å². The zero-order valence-corrected chi connectivity index (χ0v) is 19.4. The lowest BCUT2D eigenvalue weighted by atomic mass is 10.1. The van der Waals surface area contributed by atoms with E-state index in [1.54, 1.807) is 0 Å². The van der Waals surface area contributed by atoms with Gasteiger partial charge in [0.05, 0.1) is 0 Å². The molecule has 6 heteroatoms. The number of aromatic nitrogens is 2. The normalized spacial score (nSPS) is 13.9. The highest BCUT2D eigenvalue weighted by atomic mass is 16.2. The van der Waals surface area contributed by atoms with E-state index >= 15 is 0 Å². The largest absolute Gasteiger partial charge is 0.353 e. The number of urea groups is 1. The number of anilines is 2. The van der Waals surface area contributed by atoms with E-state index in [1.165, 1.54) is 16.7 Å². The van der Waals surface area contributed by atoms with Gasteiger partial charge in [0.15, 0.2) is 5.82 Å². The van der Waals surface area contributed by atoms with Crippen molar-refractivity contribution in [2.24, 2.45) is 0 Å². The van der Waals surface area contributed by atoms with Gasteiger partial charge in [0.25, 0.3) is 0 Å². The summed E-state index contributed by atoms with van der Waals surface area (Å²) in [5, 5.41) is 3.00. The first-order valence-electron chi connectivity index (χ1n) is 11.3. The second-order valence-electron chi connectivity index (χ2n) is 8.43. The monoisotopic (exact) mass is 429 g/mol. The molecule has 166 valence electrons. The summed E-state index contributed by atoms with van der Waals surface area (Å²) in [7, 11) is 0. The fourth-order valence-corrected chi connectivity index (χ4v) is 4.13. The fourth-order valence-electron chi connectivity index (χ4n) is 4.13. The van der Waals surface area contributed by atoms with Crippen LogP contribution in [0.1, 0.15) is 29.3 Å². The maximum atomic E-state index is 12.7. The van der Waals surface area contributed by atoms with Crippen molar-refractivity contribution in [1.29, 1.82) is 0 Å². The maximum absolute atomic E-state index is 12.7. The Bertz CT molecular complexity index is 1100. The molecule has 0 bridgehead atoms. The molecule has 6 nitrogen and oxygen atoms in total. The van der Waals surface area contributed by atoms with Crippen molar-refractivity contribution in [3.05, 3.63) is 70.9 Å². The van der Waals surface area contributed by atoms with Crippen molar-refractivity contribution in [2.75, 3.05) is 36.4 Å². The Morgan fingerprint density at radius 3 is 2.31 bits per heavy atom. The minimum atomic E-state index is -0.0523. The highest BCUT2D eigenvalue weighted by Crippen LogP contribution is 2.27. The number of amides is 2. The summed E-state index contributed by atoms with van der Waals surface area (Å²) in [6.45, 7) is 11.1. The first-order valence-corrected chi connectivity index (χ1v) is 11.3. The molecular formula is C26H31N5O. The fraction of sp³-hybridized carbons (Fsp3) is 0.346.